The Kier molecular flexibility index (Phi) is 7.70. The smallest absolute Gasteiger partial charge is 0.244 e. The van der Waals surface area contributed by atoms with Crippen molar-refractivity contribution in [1.29, 1.82) is 0 Å². The zero-order valence-corrected chi connectivity index (χ0v) is 20.6. The zero-order chi connectivity index (χ0) is 22.6. The van der Waals surface area contributed by atoms with Gasteiger partial charge in [-0.05, 0) is 68.8 Å². The van der Waals surface area contributed by atoms with Crippen molar-refractivity contribution in [2.24, 2.45) is 5.92 Å². The first-order chi connectivity index (χ1) is 15.5. The van der Waals surface area contributed by atoms with Gasteiger partial charge in [0, 0.05) is 19.1 Å². The van der Waals surface area contributed by atoms with Gasteiger partial charge in [-0.1, -0.05) is 30.6 Å². The van der Waals surface area contributed by atoms with Gasteiger partial charge in [-0.2, -0.15) is 0 Å². The second-order valence-corrected chi connectivity index (χ2v) is 11.5. The minimum Gasteiger partial charge on any atom is -0.495 e. The third-order valence-corrected chi connectivity index (χ3v) is 9.10. The Labute approximate surface area is 195 Å². The summed E-state index contributed by atoms with van der Waals surface area (Å²) in [5, 5.41) is 7.66. The largest absolute Gasteiger partial charge is 0.495 e. The molecule has 2 aromatic rings. The van der Waals surface area contributed by atoms with E-state index in [2.05, 4.69) is 15.4 Å². The van der Waals surface area contributed by atoms with Crippen molar-refractivity contribution in [3.8, 4) is 16.2 Å². The molecule has 3 N–H and O–H groups in total. The molecule has 7 nitrogen and oxygen atoms in total. The highest BCUT2D eigenvalue weighted by molar-refractivity contribution is 7.89. The van der Waals surface area contributed by atoms with Gasteiger partial charge in [0.1, 0.15) is 10.6 Å². The number of anilines is 1. The van der Waals surface area contributed by atoms with Crippen molar-refractivity contribution in [3.63, 3.8) is 0 Å². The molecule has 2 fully saturated rings. The Morgan fingerprint density at radius 1 is 1.19 bits per heavy atom. The average molecular weight is 479 g/mol. The number of nitrogens with zero attached hydrogens (tertiary/aromatic N) is 1. The van der Waals surface area contributed by atoms with Crippen molar-refractivity contribution in [1.82, 2.24) is 15.0 Å². The van der Waals surface area contributed by atoms with Gasteiger partial charge in [0.15, 0.2) is 5.13 Å². The van der Waals surface area contributed by atoms with Gasteiger partial charge in [0.2, 0.25) is 10.0 Å². The first-order valence-electron chi connectivity index (χ1n) is 11.6. The standard InChI is InChI=1S/C23H34N4O3S2/c1-16-22(31-23(26-16)25-14-17-7-4-3-5-8-17)18-10-11-20(30-2)21(13-18)32(28,29)27-19-9-6-12-24-15-19/h10-11,13,17,19,24,27H,3-9,12,14-15H2,1-2H3,(H,25,26). The van der Waals surface area contributed by atoms with Crippen LogP contribution in [-0.2, 0) is 10.0 Å². The van der Waals surface area contributed by atoms with Crippen LogP contribution in [0.4, 0.5) is 5.13 Å². The maximum absolute atomic E-state index is 13.2. The van der Waals surface area contributed by atoms with E-state index >= 15 is 0 Å². The molecular formula is C23H34N4O3S2. The third kappa shape index (κ3) is 5.62. The Hall–Kier alpha value is -1.68. The predicted octanol–water partition coefficient (Wildman–Crippen LogP) is 4.15. The van der Waals surface area contributed by atoms with Gasteiger partial charge in [-0.15, -0.1) is 0 Å². The molecule has 1 atom stereocenters. The number of nitrogens with one attached hydrogen (secondary N) is 3. The van der Waals surface area contributed by atoms with Gasteiger partial charge in [-0.25, -0.2) is 18.1 Å². The number of thiazole rings is 1. The third-order valence-electron chi connectivity index (χ3n) is 6.40. The Morgan fingerprint density at radius 3 is 2.72 bits per heavy atom. The van der Waals surface area contributed by atoms with Crippen LogP contribution in [-0.4, -0.2) is 46.2 Å². The van der Waals surface area contributed by atoms with Crippen molar-refractivity contribution in [2.45, 2.75) is 62.8 Å². The molecule has 1 aromatic carbocycles. The molecule has 2 heterocycles. The molecule has 1 aliphatic heterocycles. The van der Waals surface area contributed by atoms with Crippen LogP contribution in [0.5, 0.6) is 5.75 Å². The lowest BCUT2D eigenvalue weighted by atomic mass is 9.89. The highest BCUT2D eigenvalue weighted by atomic mass is 32.2. The van der Waals surface area contributed by atoms with Gasteiger partial charge in [0.25, 0.3) is 0 Å². The summed E-state index contributed by atoms with van der Waals surface area (Å²) < 4.78 is 34.6. The molecule has 0 spiro atoms. The van der Waals surface area contributed by atoms with Gasteiger partial charge in [0.05, 0.1) is 17.7 Å². The van der Waals surface area contributed by atoms with E-state index in [0.717, 1.165) is 53.1 Å². The summed E-state index contributed by atoms with van der Waals surface area (Å²) in [6, 6.07) is 5.24. The van der Waals surface area contributed by atoms with Crippen molar-refractivity contribution in [2.75, 3.05) is 32.1 Å². The SMILES string of the molecule is COc1ccc(-c2sc(NCC3CCCCC3)nc2C)cc1S(=O)(=O)NC1CCCNC1. The van der Waals surface area contributed by atoms with E-state index in [0.29, 0.717) is 12.3 Å². The number of sulfonamides is 1. The lowest BCUT2D eigenvalue weighted by Crippen LogP contribution is -2.45. The number of aromatic nitrogens is 1. The molecule has 2 aliphatic rings. The Morgan fingerprint density at radius 2 is 2.00 bits per heavy atom. The van der Waals surface area contributed by atoms with Crippen LogP contribution >= 0.6 is 11.3 Å². The molecule has 176 valence electrons. The molecule has 1 aliphatic carbocycles. The minimum atomic E-state index is -3.71. The maximum Gasteiger partial charge on any atom is 0.244 e. The van der Waals surface area contributed by atoms with E-state index in [1.54, 1.807) is 23.5 Å². The molecule has 0 radical (unpaired) electrons. The normalized spacial score (nSPS) is 20.2. The monoisotopic (exact) mass is 478 g/mol. The highest BCUT2D eigenvalue weighted by Crippen LogP contribution is 2.37. The van der Waals surface area contributed by atoms with Gasteiger partial charge < -0.3 is 15.4 Å². The van der Waals surface area contributed by atoms with Gasteiger partial charge >= 0.3 is 0 Å². The molecular weight excluding hydrogens is 444 g/mol. The average Bonchev–Trinajstić information content (AvgIpc) is 3.19. The molecule has 1 unspecified atom stereocenters. The summed E-state index contributed by atoms with van der Waals surface area (Å²) in [4.78, 5) is 5.86. The summed E-state index contributed by atoms with van der Waals surface area (Å²) in [5.74, 6) is 1.07. The van der Waals surface area contributed by atoms with Crippen molar-refractivity contribution >= 4 is 26.5 Å². The highest BCUT2D eigenvalue weighted by Gasteiger charge is 2.26. The molecule has 0 bridgehead atoms. The van der Waals surface area contributed by atoms with E-state index in [9.17, 15) is 8.42 Å². The molecule has 1 saturated heterocycles. The molecule has 1 saturated carbocycles. The second-order valence-electron chi connectivity index (χ2n) is 8.85. The number of hydrogen-bond donors (Lipinski definition) is 3. The van der Waals surface area contributed by atoms with Crippen LogP contribution in [0, 0.1) is 12.8 Å². The summed E-state index contributed by atoms with van der Waals surface area (Å²) in [7, 11) is -2.21. The number of piperidine rings is 1. The van der Waals surface area contributed by atoms with E-state index < -0.39 is 10.0 Å². The van der Waals surface area contributed by atoms with Crippen LogP contribution in [0.15, 0.2) is 23.1 Å². The number of hydrogen-bond acceptors (Lipinski definition) is 7. The van der Waals surface area contributed by atoms with Crippen LogP contribution in [0.2, 0.25) is 0 Å². The van der Waals surface area contributed by atoms with Crippen LogP contribution < -0.4 is 20.1 Å². The number of aryl methyl sites for hydroxylation is 1. The van der Waals surface area contributed by atoms with Crippen LogP contribution in [0.25, 0.3) is 10.4 Å². The molecule has 0 amide bonds. The van der Waals surface area contributed by atoms with Crippen LogP contribution in [0.1, 0.15) is 50.6 Å². The summed E-state index contributed by atoms with van der Waals surface area (Å²) in [6.45, 7) is 4.50. The molecule has 4 rings (SSSR count). The predicted molar refractivity (Wildman–Crippen MR) is 130 cm³/mol. The van der Waals surface area contributed by atoms with E-state index in [4.69, 9.17) is 9.72 Å². The lowest BCUT2D eigenvalue weighted by molar-refractivity contribution is 0.373. The summed E-state index contributed by atoms with van der Waals surface area (Å²) in [5.41, 5.74) is 1.74. The lowest BCUT2D eigenvalue weighted by Gasteiger charge is -2.24. The van der Waals surface area contributed by atoms with Crippen LogP contribution in [0.3, 0.4) is 0 Å². The fraction of sp³-hybridized carbons (Fsp3) is 0.609. The number of methoxy groups -OCH3 is 1. The van der Waals surface area contributed by atoms with Crippen molar-refractivity contribution in [3.05, 3.63) is 23.9 Å². The fourth-order valence-electron chi connectivity index (χ4n) is 4.63. The minimum absolute atomic E-state index is 0.108. The van der Waals surface area contributed by atoms with Crippen molar-refractivity contribution < 1.29 is 13.2 Å². The summed E-state index contributed by atoms with van der Waals surface area (Å²) in [6.07, 6.45) is 8.36. The molecule has 32 heavy (non-hydrogen) atoms. The quantitative estimate of drug-likeness (QED) is 0.528. The Balaban J connectivity index is 1.54. The first-order valence-corrected chi connectivity index (χ1v) is 13.9. The number of benzene rings is 1. The van der Waals surface area contributed by atoms with E-state index in [1.165, 1.54) is 39.2 Å². The topological polar surface area (TPSA) is 92.3 Å². The van der Waals surface area contributed by atoms with Gasteiger partial charge in [-0.3, -0.25) is 0 Å². The summed E-state index contributed by atoms with van der Waals surface area (Å²) >= 11 is 1.58. The zero-order valence-electron chi connectivity index (χ0n) is 18.9. The second kappa shape index (κ2) is 10.5. The molecule has 9 heteroatoms. The van der Waals surface area contributed by atoms with E-state index in [1.807, 2.05) is 13.0 Å². The number of ether oxygens (including phenoxy) is 1. The first kappa shape index (κ1) is 23.5. The Bertz CT molecular complexity index is 1010. The fourth-order valence-corrected chi connectivity index (χ4v) is 7.06. The molecule has 1 aromatic heterocycles. The number of rotatable bonds is 8. The maximum atomic E-state index is 13.2. The van der Waals surface area contributed by atoms with E-state index in [-0.39, 0.29) is 10.9 Å².